The zero-order chi connectivity index (χ0) is 18.5. The maximum absolute atomic E-state index is 12.5. The lowest BCUT2D eigenvalue weighted by molar-refractivity contribution is -0.152. The van der Waals surface area contributed by atoms with Crippen molar-refractivity contribution >= 4 is 11.9 Å². The Morgan fingerprint density at radius 1 is 1.15 bits per heavy atom. The number of benzene rings is 1. The Hall–Kier alpha value is -2.14. The van der Waals surface area contributed by atoms with Gasteiger partial charge in [0.15, 0.2) is 0 Å². The van der Waals surface area contributed by atoms with Crippen molar-refractivity contribution in [1.82, 2.24) is 4.90 Å². The number of nitrogens with zero attached hydrogens (tertiary/aromatic N) is 1. The van der Waals surface area contributed by atoms with Gasteiger partial charge in [0.1, 0.15) is 6.61 Å². The maximum Gasteiger partial charge on any atom is 0.309 e. The Labute approximate surface area is 155 Å². The van der Waals surface area contributed by atoms with Crippen molar-refractivity contribution < 1.29 is 19.1 Å². The van der Waals surface area contributed by atoms with Gasteiger partial charge < -0.3 is 14.4 Å². The lowest BCUT2D eigenvalue weighted by Crippen LogP contribution is -2.37. The highest BCUT2D eigenvalue weighted by atomic mass is 16.5. The van der Waals surface area contributed by atoms with Crippen molar-refractivity contribution in [1.29, 1.82) is 0 Å². The van der Waals surface area contributed by atoms with Crippen LogP contribution in [-0.4, -0.2) is 43.1 Å². The van der Waals surface area contributed by atoms with Gasteiger partial charge >= 0.3 is 5.97 Å². The maximum atomic E-state index is 12.5. The molecular weight excluding hydrogens is 330 g/mol. The highest BCUT2D eigenvalue weighted by Crippen LogP contribution is 2.40. The summed E-state index contributed by atoms with van der Waals surface area (Å²) in [6, 6.07) is 9.81. The van der Waals surface area contributed by atoms with E-state index in [4.69, 9.17) is 9.47 Å². The zero-order valence-electron chi connectivity index (χ0n) is 15.5. The average molecular weight is 357 g/mol. The quantitative estimate of drug-likeness (QED) is 0.580. The summed E-state index contributed by atoms with van der Waals surface area (Å²) < 4.78 is 10.8. The van der Waals surface area contributed by atoms with Crippen LogP contribution in [0.4, 0.5) is 0 Å². The fourth-order valence-electron chi connectivity index (χ4n) is 4.02. The number of allylic oxidation sites excluding steroid dienone is 1. The molecule has 1 aromatic rings. The Bertz CT molecular complexity index is 657. The Balaban J connectivity index is 1.55. The number of hydrogen-bond donors (Lipinski definition) is 0. The fraction of sp³-hybridized carbons (Fsp3) is 0.524. The van der Waals surface area contributed by atoms with Crippen LogP contribution in [0.3, 0.4) is 0 Å². The molecule has 2 aliphatic rings. The van der Waals surface area contributed by atoms with E-state index in [0.29, 0.717) is 26.3 Å². The van der Waals surface area contributed by atoms with Gasteiger partial charge in [-0.1, -0.05) is 49.4 Å². The molecule has 0 aromatic heterocycles. The summed E-state index contributed by atoms with van der Waals surface area (Å²) in [4.78, 5) is 26.7. The van der Waals surface area contributed by atoms with E-state index in [1.807, 2.05) is 49.1 Å². The van der Waals surface area contributed by atoms with Crippen LogP contribution in [-0.2, 0) is 25.7 Å². The monoisotopic (exact) mass is 357 g/mol. The molecule has 1 fully saturated rings. The zero-order valence-corrected chi connectivity index (χ0v) is 15.5. The van der Waals surface area contributed by atoms with Crippen LogP contribution in [0.1, 0.15) is 19.4 Å². The predicted octanol–water partition coefficient (Wildman–Crippen LogP) is 2.66. The van der Waals surface area contributed by atoms with Crippen LogP contribution < -0.4 is 0 Å². The largest absolute Gasteiger partial charge is 0.466 e. The van der Waals surface area contributed by atoms with Gasteiger partial charge in [-0.2, -0.15) is 0 Å². The molecule has 0 spiro atoms. The molecule has 0 radical (unpaired) electrons. The van der Waals surface area contributed by atoms with Crippen LogP contribution >= 0.6 is 0 Å². The van der Waals surface area contributed by atoms with E-state index < -0.39 is 0 Å². The third kappa shape index (κ3) is 4.15. The van der Waals surface area contributed by atoms with Crippen molar-refractivity contribution in [3.05, 3.63) is 48.0 Å². The SMILES string of the molecule is CCOC(=O)[C@@H]1[C@H]2CN(C(=O)COCc3ccccc3)C[C@@H]2C=C[C@@H]1C. The summed E-state index contributed by atoms with van der Waals surface area (Å²) in [5.74, 6) is 0.159. The number of ether oxygens (including phenoxy) is 2. The molecule has 1 aromatic carbocycles. The minimum atomic E-state index is -0.173. The van der Waals surface area contributed by atoms with Gasteiger partial charge in [-0.15, -0.1) is 0 Å². The third-order valence-corrected chi connectivity index (χ3v) is 5.35. The number of carbonyl (C=O) groups excluding carboxylic acids is 2. The summed E-state index contributed by atoms with van der Waals surface area (Å²) in [6.45, 7) is 6.00. The highest BCUT2D eigenvalue weighted by Gasteiger charge is 2.45. The molecule has 0 N–H and O–H groups in total. The summed E-state index contributed by atoms with van der Waals surface area (Å²) in [5, 5.41) is 0. The minimum absolute atomic E-state index is 0.0148. The Kier molecular flexibility index (Phi) is 6.09. The van der Waals surface area contributed by atoms with Crippen molar-refractivity contribution in [3.63, 3.8) is 0 Å². The van der Waals surface area contributed by atoms with E-state index in [-0.39, 0.29) is 42.2 Å². The summed E-state index contributed by atoms with van der Waals surface area (Å²) >= 11 is 0. The van der Waals surface area contributed by atoms with Gasteiger partial charge in [0.2, 0.25) is 5.91 Å². The van der Waals surface area contributed by atoms with Crippen LogP contribution in [0.5, 0.6) is 0 Å². The van der Waals surface area contributed by atoms with E-state index in [9.17, 15) is 9.59 Å². The Morgan fingerprint density at radius 3 is 2.65 bits per heavy atom. The van der Waals surface area contributed by atoms with Gasteiger partial charge in [0, 0.05) is 13.1 Å². The van der Waals surface area contributed by atoms with Crippen LogP contribution in [0.2, 0.25) is 0 Å². The first-order chi connectivity index (χ1) is 12.6. The molecule has 0 saturated carbocycles. The lowest BCUT2D eigenvalue weighted by atomic mass is 9.72. The molecular formula is C21H27NO4. The predicted molar refractivity (Wildman–Crippen MR) is 98.1 cm³/mol. The molecule has 140 valence electrons. The highest BCUT2D eigenvalue weighted by molar-refractivity contribution is 5.78. The standard InChI is InChI=1S/C21H27NO4/c1-3-26-21(24)20-15(2)9-10-17-11-22(12-18(17)20)19(23)14-25-13-16-7-5-4-6-8-16/h4-10,15,17-18,20H,3,11-14H2,1-2H3/t15-,17-,18-,20-/m0/s1. The summed E-state index contributed by atoms with van der Waals surface area (Å²) in [5.41, 5.74) is 1.05. The van der Waals surface area contributed by atoms with E-state index in [1.165, 1.54) is 0 Å². The van der Waals surface area contributed by atoms with Gasteiger partial charge in [-0.3, -0.25) is 9.59 Å². The Morgan fingerprint density at radius 2 is 1.92 bits per heavy atom. The number of rotatable bonds is 6. The first-order valence-electron chi connectivity index (χ1n) is 9.34. The van der Waals surface area contributed by atoms with Crippen molar-refractivity contribution in [2.75, 3.05) is 26.3 Å². The normalized spacial score (nSPS) is 27.2. The molecule has 5 nitrogen and oxygen atoms in total. The molecule has 1 aliphatic heterocycles. The van der Waals surface area contributed by atoms with E-state index in [0.717, 1.165) is 5.56 Å². The molecule has 0 unspecified atom stereocenters. The fourth-order valence-corrected chi connectivity index (χ4v) is 4.02. The number of carbonyl (C=O) groups is 2. The number of amides is 1. The second-order valence-electron chi connectivity index (χ2n) is 7.13. The molecule has 3 rings (SSSR count). The number of esters is 1. The number of hydrogen-bond acceptors (Lipinski definition) is 4. The van der Waals surface area contributed by atoms with Crippen LogP contribution in [0.15, 0.2) is 42.5 Å². The second-order valence-corrected chi connectivity index (χ2v) is 7.13. The molecule has 1 aliphatic carbocycles. The summed E-state index contributed by atoms with van der Waals surface area (Å²) in [7, 11) is 0. The average Bonchev–Trinajstić information content (AvgIpc) is 3.06. The molecule has 1 saturated heterocycles. The van der Waals surface area contributed by atoms with Crippen molar-refractivity contribution in [2.45, 2.75) is 20.5 Å². The molecule has 26 heavy (non-hydrogen) atoms. The first-order valence-corrected chi connectivity index (χ1v) is 9.34. The van der Waals surface area contributed by atoms with Crippen LogP contribution in [0.25, 0.3) is 0 Å². The topological polar surface area (TPSA) is 55.8 Å². The van der Waals surface area contributed by atoms with Crippen molar-refractivity contribution in [2.24, 2.45) is 23.7 Å². The molecule has 0 bridgehead atoms. The molecule has 1 heterocycles. The van der Waals surface area contributed by atoms with Gasteiger partial charge in [-0.05, 0) is 30.2 Å². The lowest BCUT2D eigenvalue weighted by Gasteiger charge is -2.31. The van der Waals surface area contributed by atoms with E-state index in [2.05, 4.69) is 12.2 Å². The molecule has 5 heteroatoms. The number of likely N-dealkylation sites (tertiary alicyclic amines) is 1. The smallest absolute Gasteiger partial charge is 0.309 e. The van der Waals surface area contributed by atoms with E-state index >= 15 is 0 Å². The van der Waals surface area contributed by atoms with Crippen LogP contribution in [0, 0.1) is 23.7 Å². The van der Waals surface area contributed by atoms with Gasteiger partial charge in [0.25, 0.3) is 0 Å². The van der Waals surface area contributed by atoms with Crippen molar-refractivity contribution in [3.8, 4) is 0 Å². The minimum Gasteiger partial charge on any atom is -0.466 e. The first kappa shape index (κ1) is 18.6. The molecule has 1 amide bonds. The summed E-state index contributed by atoms with van der Waals surface area (Å²) in [6.07, 6.45) is 4.24. The molecule has 4 atom stereocenters. The third-order valence-electron chi connectivity index (χ3n) is 5.35. The van der Waals surface area contributed by atoms with E-state index in [1.54, 1.807) is 0 Å². The van der Waals surface area contributed by atoms with Gasteiger partial charge in [0.05, 0.1) is 19.1 Å². The second kappa shape index (κ2) is 8.49. The van der Waals surface area contributed by atoms with Gasteiger partial charge in [-0.25, -0.2) is 0 Å². The number of fused-ring (bicyclic) bond motifs is 1.